The molecular formula is C29H32N2O3. The number of rotatable bonds is 7. The Labute approximate surface area is 201 Å². The first-order valence-electron chi connectivity index (χ1n) is 11.8. The monoisotopic (exact) mass is 456 g/mol. The molecular weight excluding hydrogens is 424 g/mol. The van der Waals surface area contributed by atoms with Gasteiger partial charge in [0, 0.05) is 38.6 Å². The fraction of sp³-hybridized carbons (Fsp3) is 0.310. The third-order valence-electron chi connectivity index (χ3n) is 6.58. The lowest BCUT2D eigenvalue weighted by Crippen LogP contribution is -2.56. The summed E-state index contributed by atoms with van der Waals surface area (Å²) in [7, 11) is 1.58. The molecule has 3 atom stereocenters. The van der Waals surface area contributed by atoms with Gasteiger partial charge in [0.15, 0.2) is 6.10 Å². The zero-order valence-corrected chi connectivity index (χ0v) is 19.8. The maximum atomic E-state index is 14.0. The van der Waals surface area contributed by atoms with Crippen LogP contribution in [0.5, 0.6) is 0 Å². The molecule has 176 valence electrons. The smallest absolute Gasteiger partial charge is 0.256 e. The third kappa shape index (κ3) is 5.37. The van der Waals surface area contributed by atoms with Crippen LogP contribution in [0.25, 0.3) is 0 Å². The van der Waals surface area contributed by atoms with Gasteiger partial charge in [-0.2, -0.15) is 0 Å². The summed E-state index contributed by atoms with van der Waals surface area (Å²) < 4.78 is 5.73. The molecule has 0 unspecified atom stereocenters. The summed E-state index contributed by atoms with van der Waals surface area (Å²) in [5.74, 6) is -0.145. The fourth-order valence-electron chi connectivity index (χ4n) is 5.11. The van der Waals surface area contributed by atoms with Crippen molar-refractivity contribution in [3.8, 4) is 0 Å². The van der Waals surface area contributed by atoms with Gasteiger partial charge < -0.3 is 15.0 Å². The second kappa shape index (κ2) is 11.1. The summed E-state index contributed by atoms with van der Waals surface area (Å²) in [6, 6.07) is 30.2. The van der Waals surface area contributed by atoms with Crippen LogP contribution in [0.2, 0.25) is 0 Å². The van der Waals surface area contributed by atoms with Crippen molar-refractivity contribution in [2.24, 2.45) is 0 Å². The second-order valence-electron chi connectivity index (χ2n) is 8.86. The summed E-state index contributed by atoms with van der Waals surface area (Å²) in [6.45, 7) is 1.98. The van der Waals surface area contributed by atoms with E-state index >= 15 is 0 Å². The molecule has 3 aromatic rings. The SMILES string of the molecule is CO[C@@H](C(=O)N1C[C@H](NC(C)=O)CC[C@@H]1C(c1ccccc1)c1ccccc1)c1ccccc1. The van der Waals surface area contributed by atoms with E-state index in [0.29, 0.717) is 6.54 Å². The fourth-order valence-corrected chi connectivity index (χ4v) is 5.11. The Balaban J connectivity index is 1.74. The van der Waals surface area contributed by atoms with Crippen LogP contribution in [0, 0.1) is 0 Å². The van der Waals surface area contributed by atoms with Crippen LogP contribution in [-0.2, 0) is 14.3 Å². The second-order valence-corrected chi connectivity index (χ2v) is 8.86. The zero-order valence-electron chi connectivity index (χ0n) is 19.8. The van der Waals surface area contributed by atoms with Crippen molar-refractivity contribution in [2.45, 2.75) is 43.9 Å². The maximum Gasteiger partial charge on any atom is 0.256 e. The van der Waals surface area contributed by atoms with E-state index in [9.17, 15) is 9.59 Å². The van der Waals surface area contributed by atoms with E-state index in [2.05, 4.69) is 29.6 Å². The highest BCUT2D eigenvalue weighted by Gasteiger charge is 2.40. The number of carbonyl (C=O) groups is 2. The number of nitrogens with one attached hydrogen (secondary N) is 1. The molecule has 5 nitrogen and oxygen atoms in total. The van der Waals surface area contributed by atoms with Gasteiger partial charge in [-0.3, -0.25) is 9.59 Å². The van der Waals surface area contributed by atoms with Crippen molar-refractivity contribution in [3.63, 3.8) is 0 Å². The summed E-state index contributed by atoms with van der Waals surface area (Å²) in [6.07, 6.45) is 0.885. The Kier molecular flexibility index (Phi) is 7.76. The van der Waals surface area contributed by atoms with Crippen LogP contribution in [0.1, 0.15) is 48.5 Å². The number of carbonyl (C=O) groups excluding carboxylic acids is 2. The summed E-state index contributed by atoms with van der Waals surface area (Å²) in [5.41, 5.74) is 3.16. The average molecular weight is 457 g/mol. The van der Waals surface area contributed by atoms with Gasteiger partial charge in [-0.15, -0.1) is 0 Å². The van der Waals surface area contributed by atoms with Gasteiger partial charge in [0.2, 0.25) is 5.91 Å². The lowest BCUT2D eigenvalue weighted by Gasteiger charge is -2.45. The molecule has 1 fully saturated rings. The van der Waals surface area contributed by atoms with Crippen LogP contribution in [0.4, 0.5) is 0 Å². The average Bonchev–Trinajstić information content (AvgIpc) is 2.87. The number of methoxy groups -OCH3 is 1. The Morgan fingerprint density at radius 1 is 0.824 bits per heavy atom. The zero-order chi connectivity index (χ0) is 23.9. The van der Waals surface area contributed by atoms with Crippen LogP contribution in [-0.4, -0.2) is 42.5 Å². The molecule has 1 heterocycles. The molecule has 1 aliphatic rings. The number of piperidine rings is 1. The van der Waals surface area contributed by atoms with Gasteiger partial charge in [-0.1, -0.05) is 91.0 Å². The molecule has 0 bridgehead atoms. The molecule has 1 saturated heterocycles. The number of ether oxygens (including phenoxy) is 1. The first kappa shape index (κ1) is 23.7. The number of nitrogens with zero attached hydrogens (tertiary/aromatic N) is 1. The van der Waals surface area contributed by atoms with Crippen molar-refractivity contribution >= 4 is 11.8 Å². The van der Waals surface area contributed by atoms with Gasteiger partial charge in [-0.05, 0) is 29.5 Å². The number of amides is 2. The largest absolute Gasteiger partial charge is 0.367 e. The quantitative estimate of drug-likeness (QED) is 0.561. The third-order valence-corrected chi connectivity index (χ3v) is 6.58. The van der Waals surface area contributed by atoms with Crippen molar-refractivity contribution in [3.05, 3.63) is 108 Å². The predicted molar refractivity (Wildman–Crippen MR) is 133 cm³/mol. The maximum absolute atomic E-state index is 14.0. The van der Waals surface area contributed by atoms with Crippen LogP contribution in [0.15, 0.2) is 91.0 Å². The molecule has 4 rings (SSSR count). The number of likely N-dealkylation sites (tertiary alicyclic amines) is 1. The van der Waals surface area contributed by atoms with E-state index in [4.69, 9.17) is 4.74 Å². The normalized spacial score (nSPS) is 19.0. The van der Waals surface area contributed by atoms with Crippen molar-refractivity contribution < 1.29 is 14.3 Å². The summed E-state index contributed by atoms with van der Waals surface area (Å²) >= 11 is 0. The van der Waals surface area contributed by atoms with E-state index < -0.39 is 6.10 Å². The van der Waals surface area contributed by atoms with Gasteiger partial charge in [0.05, 0.1) is 0 Å². The number of benzene rings is 3. The first-order chi connectivity index (χ1) is 16.6. The van der Waals surface area contributed by atoms with Gasteiger partial charge in [-0.25, -0.2) is 0 Å². The van der Waals surface area contributed by atoms with E-state index in [1.165, 1.54) is 18.1 Å². The Hall–Kier alpha value is -3.44. The Bertz CT molecular complexity index is 1030. The van der Waals surface area contributed by atoms with Crippen LogP contribution >= 0.6 is 0 Å². The molecule has 0 saturated carbocycles. The summed E-state index contributed by atoms with van der Waals surface area (Å²) in [5, 5.41) is 3.03. The summed E-state index contributed by atoms with van der Waals surface area (Å²) in [4.78, 5) is 27.8. The Morgan fingerprint density at radius 2 is 1.32 bits per heavy atom. The van der Waals surface area contributed by atoms with E-state index in [0.717, 1.165) is 18.4 Å². The minimum atomic E-state index is -0.702. The minimum absolute atomic E-state index is 0.0120. The van der Waals surface area contributed by atoms with E-state index in [-0.39, 0.29) is 29.8 Å². The molecule has 3 aromatic carbocycles. The standard InChI is InChI=1S/C29H32N2O3/c1-21(32)30-25-18-19-26(27(22-12-6-3-7-13-22)23-14-8-4-9-15-23)31(20-25)29(33)28(34-2)24-16-10-5-11-17-24/h3-17,25-28H,18-20H2,1-2H3,(H,30,32)/t25-,26-,28-/m1/s1. The molecule has 1 N–H and O–H groups in total. The first-order valence-corrected chi connectivity index (χ1v) is 11.8. The van der Waals surface area contributed by atoms with E-state index in [1.807, 2.05) is 71.6 Å². The van der Waals surface area contributed by atoms with Crippen LogP contribution < -0.4 is 5.32 Å². The topological polar surface area (TPSA) is 58.6 Å². The molecule has 0 radical (unpaired) electrons. The molecule has 0 aromatic heterocycles. The van der Waals surface area contributed by atoms with Crippen molar-refractivity contribution in [1.82, 2.24) is 10.2 Å². The molecule has 1 aliphatic heterocycles. The minimum Gasteiger partial charge on any atom is -0.367 e. The van der Waals surface area contributed by atoms with Crippen molar-refractivity contribution in [2.75, 3.05) is 13.7 Å². The van der Waals surface area contributed by atoms with E-state index in [1.54, 1.807) is 7.11 Å². The molecule has 0 aliphatic carbocycles. The lowest BCUT2D eigenvalue weighted by molar-refractivity contribution is -0.147. The predicted octanol–water partition coefficient (Wildman–Crippen LogP) is 4.70. The van der Waals surface area contributed by atoms with Gasteiger partial charge >= 0.3 is 0 Å². The van der Waals surface area contributed by atoms with Crippen LogP contribution in [0.3, 0.4) is 0 Å². The lowest BCUT2D eigenvalue weighted by atomic mass is 9.79. The highest BCUT2D eigenvalue weighted by molar-refractivity contribution is 5.83. The molecule has 34 heavy (non-hydrogen) atoms. The highest BCUT2D eigenvalue weighted by atomic mass is 16.5. The molecule has 2 amide bonds. The molecule has 5 heteroatoms. The Morgan fingerprint density at radius 3 is 1.79 bits per heavy atom. The van der Waals surface area contributed by atoms with Gasteiger partial charge in [0.1, 0.15) is 0 Å². The molecule has 0 spiro atoms. The number of hydrogen-bond donors (Lipinski definition) is 1. The number of hydrogen-bond acceptors (Lipinski definition) is 3. The van der Waals surface area contributed by atoms with Gasteiger partial charge in [0.25, 0.3) is 5.91 Å². The van der Waals surface area contributed by atoms with Crippen molar-refractivity contribution in [1.29, 1.82) is 0 Å². The highest BCUT2D eigenvalue weighted by Crippen LogP contribution is 2.37.